The van der Waals surface area contributed by atoms with E-state index in [4.69, 9.17) is 23.2 Å². The van der Waals surface area contributed by atoms with E-state index in [9.17, 15) is 9.59 Å². The van der Waals surface area contributed by atoms with Crippen molar-refractivity contribution in [1.29, 1.82) is 0 Å². The highest BCUT2D eigenvalue weighted by Gasteiger charge is 2.25. The van der Waals surface area contributed by atoms with Crippen molar-refractivity contribution in [3.05, 3.63) is 28.2 Å². The van der Waals surface area contributed by atoms with Gasteiger partial charge in [0.15, 0.2) is 0 Å². The van der Waals surface area contributed by atoms with Crippen LogP contribution in [0.5, 0.6) is 0 Å². The van der Waals surface area contributed by atoms with Crippen molar-refractivity contribution in [1.82, 2.24) is 10.2 Å². The number of benzene rings is 1. The third-order valence-corrected chi connectivity index (χ3v) is 5.29. The summed E-state index contributed by atoms with van der Waals surface area (Å²) in [6.07, 6.45) is 2.57. The lowest BCUT2D eigenvalue weighted by atomic mass is 9.95. The van der Waals surface area contributed by atoms with Gasteiger partial charge in [-0.2, -0.15) is 0 Å². The lowest BCUT2D eigenvalue weighted by Crippen LogP contribution is -2.43. The molecule has 1 aromatic carbocycles. The number of nitrogens with zero attached hydrogens (tertiary/aromatic N) is 1. The number of piperidine rings is 1. The molecule has 1 fully saturated rings. The Kier molecular flexibility index (Phi) is 8.19. The van der Waals surface area contributed by atoms with Gasteiger partial charge in [-0.15, -0.1) is 0 Å². The third-order valence-electron chi connectivity index (χ3n) is 4.55. The summed E-state index contributed by atoms with van der Waals surface area (Å²) >= 11 is 11.8. The Labute approximate surface area is 165 Å². The van der Waals surface area contributed by atoms with E-state index < -0.39 is 0 Å². The molecule has 0 unspecified atom stereocenters. The molecular weight excluding hydrogens is 373 g/mol. The normalized spacial score (nSPS) is 15.9. The number of likely N-dealkylation sites (tertiary alicyclic amines) is 1. The van der Waals surface area contributed by atoms with E-state index in [2.05, 4.69) is 29.4 Å². The third kappa shape index (κ3) is 6.78. The van der Waals surface area contributed by atoms with Crippen molar-refractivity contribution >= 4 is 40.7 Å². The van der Waals surface area contributed by atoms with Crippen molar-refractivity contribution in [3.8, 4) is 0 Å². The molecule has 26 heavy (non-hydrogen) atoms. The van der Waals surface area contributed by atoms with Crippen LogP contribution in [0, 0.1) is 11.8 Å². The maximum absolute atomic E-state index is 12.2. The number of rotatable bonds is 7. The molecule has 1 aromatic rings. The van der Waals surface area contributed by atoms with Gasteiger partial charge in [0.2, 0.25) is 11.8 Å². The minimum atomic E-state index is -0.0942. The average molecular weight is 400 g/mol. The van der Waals surface area contributed by atoms with E-state index in [0.717, 1.165) is 38.9 Å². The fourth-order valence-corrected chi connectivity index (χ4v) is 3.26. The maximum atomic E-state index is 12.2. The molecule has 0 spiro atoms. The molecule has 0 atom stereocenters. The molecule has 5 nitrogen and oxygen atoms in total. The van der Waals surface area contributed by atoms with Gasteiger partial charge in [-0.25, -0.2) is 0 Å². The maximum Gasteiger partial charge on any atom is 0.238 e. The largest absolute Gasteiger partial charge is 0.356 e. The van der Waals surface area contributed by atoms with Crippen LogP contribution in [0.2, 0.25) is 10.0 Å². The molecule has 7 heteroatoms. The van der Waals surface area contributed by atoms with E-state index in [1.807, 2.05) is 0 Å². The standard InChI is InChI=1S/C19H27Cl2N3O2/c1-13(2)5-8-22-19(26)14-6-9-24(10-7-14)12-18(25)23-15-3-4-16(20)17(21)11-15/h3-4,11,13-14H,5-10,12H2,1-2H3,(H,22,26)(H,23,25). The predicted molar refractivity (Wildman–Crippen MR) is 107 cm³/mol. The number of carbonyl (C=O) groups excluding carboxylic acids is 2. The van der Waals surface area contributed by atoms with Crippen LogP contribution in [0.4, 0.5) is 5.69 Å². The molecule has 1 aliphatic rings. The van der Waals surface area contributed by atoms with E-state index in [-0.39, 0.29) is 17.7 Å². The molecule has 1 saturated heterocycles. The molecule has 0 radical (unpaired) electrons. The second-order valence-corrected chi connectivity index (χ2v) is 8.02. The number of hydrogen-bond acceptors (Lipinski definition) is 3. The Hall–Kier alpha value is -1.30. The number of hydrogen-bond donors (Lipinski definition) is 2. The van der Waals surface area contributed by atoms with E-state index >= 15 is 0 Å². The van der Waals surface area contributed by atoms with Gasteiger partial charge < -0.3 is 10.6 Å². The quantitative estimate of drug-likeness (QED) is 0.732. The summed E-state index contributed by atoms with van der Waals surface area (Å²) in [5.74, 6) is 0.691. The van der Waals surface area contributed by atoms with Crippen molar-refractivity contribution in [2.45, 2.75) is 33.1 Å². The number of nitrogens with one attached hydrogen (secondary N) is 2. The number of carbonyl (C=O) groups is 2. The first kappa shape index (κ1) is 21.0. The van der Waals surface area contributed by atoms with Gasteiger partial charge in [-0.3, -0.25) is 14.5 Å². The summed E-state index contributed by atoms with van der Waals surface area (Å²) in [6.45, 7) is 6.83. The molecule has 2 amide bonds. The minimum absolute atomic E-state index is 0.0524. The molecule has 1 heterocycles. The van der Waals surface area contributed by atoms with Crippen LogP contribution in [-0.4, -0.2) is 42.9 Å². The summed E-state index contributed by atoms with van der Waals surface area (Å²) in [4.78, 5) is 26.4. The topological polar surface area (TPSA) is 61.4 Å². The van der Waals surface area contributed by atoms with Gasteiger partial charge >= 0.3 is 0 Å². The Balaban J connectivity index is 1.71. The molecule has 0 aromatic heterocycles. The van der Waals surface area contributed by atoms with Crippen LogP contribution in [0.1, 0.15) is 33.1 Å². The van der Waals surface area contributed by atoms with Crippen molar-refractivity contribution in [2.75, 3.05) is 31.5 Å². The summed E-state index contributed by atoms with van der Waals surface area (Å²) in [5.41, 5.74) is 0.629. The summed E-state index contributed by atoms with van der Waals surface area (Å²) in [5, 5.41) is 6.72. The van der Waals surface area contributed by atoms with Gasteiger partial charge in [0.05, 0.1) is 16.6 Å². The SMILES string of the molecule is CC(C)CCNC(=O)C1CCN(CC(=O)Nc2ccc(Cl)c(Cl)c2)CC1. The molecule has 2 rings (SSSR count). The van der Waals surface area contributed by atoms with E-state index in [1.165, 1.54) is 0 Å². The summed E-state index contributed by atoms with van der Waals surface area (Å²) < 4.78 is 0. The fourth-order valence-electron chi connectivity index (χ4n) is 2.96. The lowest BCUT2D eigenvalue weighted by molar-refractivity contribution is -0.126. The Morgan fingerprint density at radius 2 is 1.88 bits per heavy atom. The van der Waals surface area contributed by atoms with Crippen molar-refractivity contribution < 1.29 is 9.59 Å². The van der Waals surface area contributed by atoms with Crippen LogP contribution in [0.25, 0.3) is 0 Å². The Bertz CT molecular complexity index is 629. The lowest BCUT2D eigenvalue weighted by Gasteiger charge is -2.30. The van der Waals surface area contributed by atoms with E-state index in [1.54, 1.807) is 18.2 Å². The van der Waals surface area contributed by atoms with Crippen LogP contribution in [0.15, 0.2) is 18.2 Å². The molecular formula is C19H27Cl2N3O2. The number of anilines is 1. The first-order valence-corrected chi connectivity index (χ1v) is 9.85. The summed E-state index contributed by atoms with van der Waals surface area (Å²) in [7, 11) is 0. The minimum Gasteiger partial charge on any atom is -0.356 e. The van der Waals surface area contributed by atoms with Crippen molar-refractivity contribution in [3.63, 3.8) is 0 Å². The highest BCUT2D eigenvalue weighted by atomic mass is 35.5. The first-order chi connectivity index (χ1) is 12.3. The predicted octanol–water partition coefficient (Wildman–Crippen LogP) is 3.81. The molecule has 0 saturated carbocycles. The monoisotopic (exact) mass is 399 g/mol. The van der Waals surface area contributed by atoms with Gasteiger partial charge in [0.25, 0.3) is 0 Å². The molecule has 0 bridgehead atoms. The highest BCUT2D eigenvalue weighted by molar-refractivity contribution is 6.42. The number of amides is 2. The van der Waals surface area contributed by atoms with Gasteiger partial charge in [0.1, 0.15) is 0 Å². The smallest absolute Gasteiger partial charge is 0.238 e. The Morgan fingerprint density at radius 3 is 2.50 bits per heavy atom. The first-order valence-electron chi connectivity index (χ1n) is 9.10. The zero-order chi connectivity index (χ0) is 19.1. The van der Waals surface area contributed by atoms with Gasteiger partial charge in [0, 0.05) is 18.2 Å². The summed E-state index contributed by atoms with van der Waals surface area (Å²) in [6, 6.07) is 5.01. The average Bonchev–Trinajstić information content (AvgIpc) is 2.58. The second-order valence-electron chi connectivity index (χ2n) is 7.20. The van der Waals surface area contributed by atoms with Crippen LogP contribution < -0.4 is 10.6 Å². The van der Waals surface area contributed by atoms with Crippen LogP contribution in [-0.2, 0) is 9.59 Å². The highest BCUT2D eigenvalue weighted by Crippen LogP contribution is 2.25. The molecule has 2 N–H and O–H groups in total. The molecule has 0 aliphatic carbocycles. The second kappa shape index (κ2) is 10.1. The fraction of sp³-hybridized carbons (Fsp3) is 0.579. The van der Waals surface area contributed by atoms with Crippen LogP contribution >= 0.6 is 23.2 Å². The Morgan fingerprint density at radius 1 is 1.19 bits per heavy atom. The molecule has 144 valence electrons. The van der Waals surface area contributed by atoms with Gasteiger partial charge in [-0.1, -0.05) is 37.0 Å². The zero-order valence-corrected chi connectivity index (χ0v) is 16.9. The van der Waals surface area contributed by atoms with Crippen LogP contribution in [0.3, 0.4) is 0 Å². The zero-order valence-electron chi connectivity index (χ0n) is 15.4. The molecule has 1 aliphatic heterocycles. The van der Waals surface area contributed by atoms with Gasteiger partial charge in [-0.05, 0) is 56.5 Å². The van der Waals surface area contributed by atoms with Crippen molar-refractivity contribution in [2.24, 2.45) is 11.8 Å². The number of halogens is 2. The van der Waals surface area contributed by atoms with E-state index in [0.29, 0.717) is 28.2 Å².